The van der Waals surface area contributed by atoms with E-state index in [-0.39, 0.29) is 0 Å². The van der Waals surface area contributed by atoms with Gasteiger partial charge >= 0.3 is 0 Å². The fraction of sp³-hybridized carbons (Fsp3) is 0.643. The second-order valence-corrected chi connectivity index (χ2v) is 5.22. The summed E-state index contributed by atoms with van der Waals surface area (Å²) in [5, 5.41) is 7.04. The van der Waals surface area contributed by atoms with E-state index in [0.29, 0.717) is 12.0 Å². The Balaban J connectivity index is 2.09. The summed E-state index contributed by atoms with van der Waals surface area (Å²) in [6.45, 7) is 6.54. The summed E-state index contributed by atoms with van der Waals surface area (Å²) < 4.78 is 0. The normalized spacial score (nSPS) is 20.5. The molecule has 2 N–H and O–H groups in total. The summed E-state index contributed by atoms with van der Waals surface area (Å²) >= 11 is 0. The lowest BCUT2D eigenvalue weighted by atomic mass is 9.98. The van der Waals surface area contributed by atoms with E-state index in [1.165, 1.54) is 24.8 Å². The standard InChI is InChI=1S/C14H23N3/c1-11(2)10-17-14-12(6-5-9-16-14)13-7-3-4-8-15-13/h5-6,9,11,13,15H,3-4,7-8,10H2,1-2H3,(H,16,17)/t13-/m1/s1. The predicted molar refractivity (Wildman–Crippen MR) is 72.2 cm³/mol. The Hall–Kier alpha value is -1.09. The van der Waals surface area contributed by atoms with E-state index in [1.54, 1.807) is 0 Å². The van der Waals surface area contributed by atoms with Crippen molar-refractivity contribution in [1.82, 2.24) is 10.3 Å². The monoisotopic (exact) mass is 233 g/mol. The van der Waals surface area contributed by atoms with Crippen molar-refractivity contribution < 1.29 is 0 Å². The summed E-state index contributed by atoms with van der Waals surface area (Å²) in [6.07, 6.45) is 5.71. The van der Waals surface area contributed by atoms with Gasteiger partial charge in [0.05, 0.1) is 0 Å². The molecule has 0 aliphatic carbocycles. The minimum Gasteiger partial charge on any atom is -0.370 e. The van der Waals surface area contributed by atoms with Gasteiger partial charge in [-0.15, -0.1) is 0 Å². The average molecular weight is 233 g/mol. The van der Waals surface area contributed by atoms with E-state index in [2.05, 4.69) is 35.5 Å². The van der Waals surface area contributed by atoms with Crippen LogP contribution in [0.4, 0.5) is 5.82 Å². The van der Waals surface area contributed by atoms with E-state index in [9.17, 15) is 0 Å². The van der Waals surface area contributed by atoms with Gasteiger partial charge in [0, 0.05) is 24.3 Å². The van der Waals surface area contributed by atoms with Crippen molar-refractivity contribution in [3.05, 3.63) is 23.9 Å². The molecule has 0 unspecified atom stereocenters. The van der Waals surface area contributed by atoms with Crippen LogP contribution in [0, 0.1) is 5.92 Å². The number of hydrogen-bond acceptors (Lipinski definition) is 3. The lowest BCUT2D eigenvalue weighted by Gasteiger charge is -2.25. The molecule has 2 heterocycles. The summed E-state index contributed by atoms with van der Waals surface area (Å²) in [4.78, 5) is 4.47. The molecular formula is C14H23N3. The molecule has 0 radical (unpaired) electrons. The largest absolute Gasteiger partial charge is 0.370 e. The van der Waals surface area contributed by atoms with Gasteiger partial charge in [-0.1, -0.05) is 26.3 Å². The van der Waals surface area contributed by atoms with Crippen LogP contribution in [0.3, 0.4) is 0 Å². The third kappa shape index (κ3) is 3.43. The Kier molecular flexibility index (Phi) is 4.37. The molecule has 3 heteroatoms. The van der Waals surface area contributed by atoms with Crippen LogP contribution >= 0.6 is 0 Å². The molecule has 1 atom stereocenters. The highest BCUT2D eigenvalue weighted by molar-refractivity contribution is 5.45. The highest BCUT2D eigenvalue weighted by Crippen LogP contribution is 2.27. The molecule has 2 rings (SSSR count). The van der Waals surface area contributed by atoms with Crippen LogP contribution in [0.25, 0.3) is 0 Å². The third-order valence-electron chi connectivity index (χ3n) is 3.20. The first-order chi connectivity index (χ1) is 8.27. The van der Waals surface area contributed by atoms with E-state index in [1.807, 2.05) is 12.3 Å². The molecule has 0 saturated carbocycles. The minimum absolute atomic E-state index is 0.479. The molecule has 1 aliphatic heterocycles. The average Bonchev–Trinajstić information content (AvgIpc) is 2.38. The van der Waals surface area contributed by atoms with E-state index < -0.39 is 0 Å². The molecule has 3 nitrogen and oxygen atoms in total. The maximum absolute atomic E-state index is 4.47. The fourth-order valence-electron chi connectivity index (χ4n) is 2.26. The molecule has 1 aromatic heterocycles. The van der Waals surface area contributed by atoms with E-state index >= 15 is 0 Å². The van der Waals surface area contributed by atoms with Crippen molar-refractivity contribution in [3.63, 3.8) is 0 Å². The molecule has 17 heavy (non-hydrogen) atoms. The summed E-state index contributed by atoms with van der Waals surface area (Å²) in [6, 6.07) is 4.71. The van der Waals surface area contributed by atoms with Crippen LogP contribution in [0.5, 0.6) is 0 Å². The Morgan fingerprint density at radius 2 is 2.35 bits per heavy atom. The number of nitrogens with one attached hydrogen (secondary N) is 2. The van der Waals surface area contributed by atoms with Crippen molar-refractivity contribution in [3.8, 4) is 0 Å². The van der Waals surface area contributed by atoms with Crippen molar-refractivity contribution in [2.24, 2.45) is 5.92 Å². The van der Waals surface area contributed by atoms with Gasteiger partial charge in [0.15, 0.2) is 0 Å². The zero-order valence-electron chi connectivity index (χ0n) is 10.9. The second kappa shape index (κ2) is 6.01. The van der Waals surface area contributed by atoms with Gasteiger partial charge in [0.25, 0.3) is 0 Å². The van der Waals surface area contributed by atoms with Crippen molar-refractivity contribution >= 4 is 5.82 Å². The van der Waals surface area contributed by atoms with Crippen LogP contribution in [0.1, 0.15) is 44.7 Å². The van der Waals surface area contributed by atoms with Crippen LogP contribution in [-0.2, 0) is 0 Å². The number of rotatable bonds is 4. The molecule has 0 aromatic carbocycles. The summed E-state index contributed by atoms with van der Waals surface area (Å²) in [5.41, 5.74) is 1.33. The number of aromatic nitrogens is 1. The molecule has 1 aliphatic rings. The van der Waals surface area contributed by atoms with Crippen molar-refractivity contribution in [1.29, 1.82) is 0 Å². The minimum atomic E-state index is 0.479. The number of hydrogen-bond donors (Lipinski definition) is 2. The van der Waals surface area contributed by atoms with Crippen molar-refractivity contribution in [2.45, 2.75) is 39.2 Å². The first-order valence-corrected chi connectivity index (χ1v) is 6.69. The quantitative estimate of drug-likeness (QED) is 0.839. The van der Waals surface area contributed by atoms with Crippen LogP contribution in [0.2, 0.25) is 0 Å². The molecule has 94 valence electrons. The number of nitrogens with zero attached hydrogens (tertiary/aromatic N) is 1. The number of pyridine rings is 1. The first kappa shape index (κ1) is 12.4. The van der Waals surface area contributed by atoms with Gasteiger partial charge in [-0.25, -0.2) is 4.98 Å². The molecule has 0 spiro atoms. The molecule has 0 amide bonds. The van der Waals surface area contributed by atoms with Crippen LogP contribution < -0.4 is 10.6 Å². The molecule has 0 bridgehead atoms. The zero-order chi connectivity index (χ0) is 12.1. The van der Waals surface area contributed by atoms with E-state index in [0.717, 1.165) is 18.9 Å². The number of piperidine rings is 1. The maximum Gasteiger partial charge on any atom is 0.130 e. The van der Waals surface area contributed by atoms with E-state index in [4.69, 9.17) is 0 Å². The Bertz CT molecular complexity index is 343. The SMILES string of the molecule is CC(C)CNc1ncccc1[C@H]1CCCCN1. The Labute approximate surface area is 104 Å². The fourth-order valence-corrected chi connectivity index (χ4v) is 2.26. The van der Waals surface area contributed by atoms with Gasteiger partial charge in [-0.3, -0.25) is 0 Å². The molecular weight excluding hydrogens is 210 g/mol. The Morgan fingerprint density at radius 1 is 1.47 bits per heavy atom. The smallest absolute Gasteiger partial charge is 0.130 e. The van der Waals surface area contributed by atoms with Gasteiger partial charge in [0.1, 0.15) is 5.82 Å². The summed E-state index contributed by atoms with van der Waals surface area (Å²) in [5.74, 6) is 1.70. The van der Waals surface area contributed by atoms with Crippen LogP contribution in [0.15, 0.2) is 18.3 Å². The third-order valence-corrected chi connectivity index (χ3v) is 3.20. The van der Waals surface area contributed by atoms with Gasteiger partial charge < -0.3 is 10.6 Å². The zero-order valence-corrected chi connectivity index (χ0v) is 10.9. The lowest BCUT2D eigenvalue weighted by Crippen LogP contribution is -2.28. The van der Waals surface area contributed by atoms with Gasteiger partial charge in [-0.2, -0.15) is 0 Å². The van der Waals surface area contributed by atoms with Crippen LogP contribution in [-0.4, -0.2) is 18.1 Å². The first-order valence-electron chi connectivity index (χ1n) is 6.69. The van der Waals surface area contributed by atoms with Gasteiger partial charge in [0.2, 0.25) is 0 Å². The lowest BCUT2D eigenvalue weighted by molar-refractivity contribution is 0.412. The molecule has 1 fully saturated rings. The highest BCUT2D eigenvalue weighted by atomic mass is 15.0. The summed E-state index contributed by atoms with van der Waals surface area (Å²) in [7, 11) is 0. The number of anilines is 1. The second-order valence-electron chi connectivity index (χ2n) is 5.22. The predicted octanol–water partition coefficient (Wildman–Crippen LogP) is 2.96. The molecule has 1 saturated heterocycles. The van der Waals surface area contributed by atoms with Crippen molar-refractivity contribution in [2.75, 3.05) is 18.4 Å². The van der Waals surface area contributed by atoms with Gasteiger partial charge in [-0.05, 0) is 31.4 Å². The maximum atomic E-state index is 4.47. The molecule has 1 aromatic rings. The highest BCUT2D eigenvalue weighted by Gasteiger charge is 2.18. The topological polar surface area (TPSA) is 37.0 Å². The Morgan fingerprint density at radius 3 is 3.06 bits per heavy atom.